The molecule has 3 N–H and O–H groups in total. The van der Waals surface area contributed by atoms with Gasteiger partial charge in [-0.25, -0.2) is 0 Å². The minimum Gasteiger partial charge on any atom is -0.328 e. The number of benzene rings is 1. The summed E-state index contributed by atoms with van der Waals surface area (Å²) in [5.74, 6) is 0.820. The Labute approximate surface area is 111 Å². The van der Waals surface area contributed by atoms with Gasteiger partial charge in [-0.05, 0) is 75.7 Å². The van der Waals surface area contributed by atoms with Crippen molar-refractivity contribution in [3.05, 3.63) is 34.4 Å². The SMILES string of the molecule is Cc1cc(C)c(CCNCC2CC(N)C2)c(C)c1. The zero-order valence-corrected chi connectivity index (χ0v) is 11.9. The molecular weight excluding hydrogens is 220 g/mol. The highest BCUT2D eigenvalue weighted by Gasteiger charge is 2.24. The van der Waals surface area contributed by atoms with Gasteiger partial charge < -0.3 is 11.1 Å². The molecule has 1 aromatic carbocycles. The van der Waals surface area contributed by atoms with E-state index >= 15 is 0 Å². The van der Waals surface area contributed by atoms with E-state index in [4.69, 9.17) is 5.73 Å². The van der Waals surface area contributed by atoms with Crippen LogP contribution in [-0.2, 0) is 6.42 Å². The standard InChI is InChI=1S/C16H26N2/c1-11-6-12(2)16(13(3)7-11)4-5-18-10-14-8-15(17)9-14/h6-7,14-15,18H,4-5,8-10,17H2,1-3H3. The molecule has 2 nitrogen and oxygen atoms in total. The van der Waals surface area contributed by atoms with Crippen LogP contribution in [0.3, 0.4) is 0 Å². The molecule has 18 heavy (non-hydrogen) atoms. The zero-order valence-electron chi connectivity index (χ0n) is 11.9. The van der Waals surface area contributed by atoms with Crippen LogP contribution in [0, 0.1) is 26.7 Å². The lowest BCUT2D eigenvalue weighted by Gasteiger charge is -2.32. The van der Waals surface area contributed by atoms with E-state index in [9.17, 15) is 0 Å². The summed E-state index contributed by atoms with van der Waals surface area (Å²) in [7, 11) is 0. The van der Waals surface area contributed by atoms with Crippen molar-refractivity contribution in [1.82, 2.24) is 5.32 Å². The normalized spacial score (nSPS) is 22.9. The molecule has 0 radical (unpaired) electrons. The van der Waals surface area contributed by atoms with Crippen LogP contribution in [0.15, 0.2) is 12.1 Å². The topological polar surface area (TPSA) is 38.0 Å². The highest BCUT2D eigenvalue weighted by Crippen LogP contribution is 2.24. The number of rotatable bonds is 5. The summed E-state index contributed by atoms with van der Waals surface area (Å²) in [5, 5.41) is 3.57. The van der Waals surface area contributed by atoms with Crippen LogP contribution in [0.5, 0.6) is 0 Å². The van der Waals surface area contributed by atoms with Crippen LogP contribution in [0.1, 0.15) is 35.1 Å². The van der Waals surface area contributed by atoms with Crippen molar-refractivity contribution in [2.75, 3.05) is 13.1 Å². The average Bonchev–Trinajstić information content (AvgIpc) is 2.23. The molecule has 2 heteroatoms. The predicted molar refractivity (Wildman–Crippen MR) is 77.9 cm³/mol. The minimum atomic E-state index is 0.471. The third-order valence-corrected chi connectivity index (χ3v) is 4.10. The molecule has 0 spiro atoms. The second-order valence-corrected chi connectivity index (χ2v) is 5.93. The lowest BCUT2D eigenvalue weighted by Crippen LogP contribution is -2.41. The molecule has 0 heterocycles. The van der Waals surface area contributed by atoms with Gasteiger partial charge in [0.2, 0.25) is 0 Å². The molecule has 0 atom stereocenters. The number of nitrogens with two attached hydrogens (primary N) is 1. The fourth-order valence-electron chi connectivity index (χ4n) is 3.08. The molecule has 100 valence electrons. The second-order valence-electron chi connectivity index (χ2n) is 5.93. The van der Waals surface area contributed by atoms with E-state index in [1.54, 1.807) is 0 Å². The van der Waals surface area contributed by atoms with Gasteiger partial charge in [0.25, 0.3) is 0 Å². The van der Waals surface area contributed by atoms with Gasteiger partial charge in [0, 0.05) is 6.04 Å². The number of nitrogens with one attached hydrogen (secondary N) is 1. The molecule has 1 aliphatic carbocycles. The average molecular weight is 246 g/mol. The summed E-state index contributed by atoms with van der Waals surface area (Å²) in [6.45, 7) is 8.83. The number of aryl methyl sites for hydroxylation is 3. The third kappa shape index (κ3) is 3.33. The molecule has 0 aliphatic heterocycles. The Morgan fingerprint density at radius 3 is 2.33 bits per heavy atom. The number of hydrogen-bond donors (Lipinski definition) is 2. The first-order valence-electron chi connectivity index (χ1n) is 7.09. The van der Waals surface area contributed by atoms with E-state index in [0.29, 0.717) is 6.04 Å². The highest BCUT2D eigenvalue weighted by atomic mass is 14.9. The fourth-order valence-corrected chi connectivity index (χ4v) is 3.08. The first-order valence-corrected chi connectivity index (χ1v) is 7.09. The monoisotopic (exact) mass is 246 g/mol. The van der Waals surface area contributed by atoms with Crippen LogP contribution >= 0.6 is 0 Å². The molecule has 0 amide bonds. The van der Waals surface area contributed by atoms with Crippen molar-refractivity contribution in [2.45, 2.75) is 46.1 Å². The van der Waals surface area contributed by atoms with Crippen LogP contribution in [-0.4, -0.2) is 19.1 Å². The first-order chi connectivity index (χ1) is 8.56. The van der Waals surface area contributed by atoms with Gasteiger partial charge in [-0.1, -0.05) is 17.7 Å². The summed E-state index contributed by atoms with van der Waals surface area (Å²) in [6.07, 6.45) is 3.54. The van der Waals surface area contributed by atoms with Crippen LogP contribution in [0.25, 0.3) is 0 Å². The van der Waals surface area contributed by atoms with Crippen molar-refractivity contribution in [2.24, 2.45) is 11.7 Å². The summed E-state index contributed by atoms with van der Waals surface area (Å²) >= 11 is 0. The molecular formula is C16H26N2. The maximum atomic E-state index is 5.79. The molecule has 1 saturated carbocycles. The molecule has 0 unspecified atom stereocenters. The van der Waals surface area contributed by atoms with E-state index in [0.717, 1.165) is 25.4 Å². The first kappa shape index (κ1) is 13.6. The summed E-state index contributed by atoms with van der Waals surface area (Å²) in [4.78, 5) is 0. The van der Waals surface area contributed by atoms with Gasteiger partial charge in [-0.3, -0.25) is 0 Å². The van der Waals surface area contributed by atoms with Crippen molar-refractivity contribution in [3.8, 4) is 0 Å². The van der Waals surface area contributed by atoms with E-state index in [2.05, 4.69) is 38.2 Å². The van der Waals surface area contributed by atoms with E-state index in [1.807, 2.05) is 0 Å². The highest BCUT2D eigenvalue weighted by molar-refractivity contribution is 5.37. The molecule has 1 aliphatic rings. The summed E-state index contributed by atoms with van der Waals surface area (Å²) in [5.41, 5.74) is 11.5. The van der Waals surface area contributed by atoms with Gasteiger partial charge in [0.05, 0.1) is 0 Å². The number of hydrogen-bond acceptors (Lipinski definition) is 2. The summed E-state index contributed by atoms with van der Waals surface area (Å²) < 4.78 is 0. The van der Waals surface area contributed by atoms with Gasteiger partial charge >= 0.3 is 0 Å². The molecule has 0 saturated heterocycles. The van der Waals surface area contributed by atoms with Gasteiger partial charge in [0.15, 0.2) is 0 Å². The Kier molecular flexibility index (Phi) is 4.41. The summed E-state index contributed by atoms with van der Waals surface area (Å²) in [6, 6.07) is 5.04. The van der Waals surface area contributed by atoms with Gasteiger partial charge in [-0.15, -0.1) is 0 Å². The lowest BCUT2D eigenvalue weighted by atomic mass is 9.81. The van der Waals surface area contributed by atoms with E-state index in [-0.39, 0.29) is 0 Å². The van der Waals surface area contributed by atoms with E-state index < -0.39 is 0 Å². The Bertz CT molecular complexity index is 383. The Hall–Kier alpha value is -0.860. The van der Waals surface area contributed by atoms with Crippen molar-refractivity contribution in [1.29, 1.82) is 0 Å². The minimum absolute atomic E-state index is 0.471. The Morgan fingerprint density at radius 2 is 1.78 bits per heavy atom. The van der Waals surface area contributed by atoms with Crippen LogP contribution in [0.2, 0.25) is 0 Å². The predicted octanol–water partition coefficient (Wildman–Crippen LogP) is 2.48. The molecule has 0 aromatic heterocycles. The molecule has 1 fully saturated rings. The maximum Gasteiger partial charge on any atom is 0.00450 e. The Balaban J connectivity index is 1.76. The van der Waals surface area contributed by atoms with Crippen LogP contribution < -0.4 is 11.1 Å². The molecule has 1 aromatic rings. The smallest absolute Gasteiger partial charge is 0.00450 e. The zero-order chi connectivity index (χ0) is 13.1. The van der Waals surface area contributed by atoms with Crippen molar-refractivity contribution in [3.63, 3.8) is 0 Å². The molecule has 0 bridgehead atoms. The second kappa shape index (κ2) is 5.85. The van der Waals surface area contributed by atoms with E-state index in [1.165, 1.54) is 35.1 Å². The molecule has 2 rings (SSSR count). The largest absolute Gasteiger partial charge is 0.328 e. The van der Waals surface area contributed by atoms with Gasteiger partial charge in [-0.2, -0.15) is 0 Å². The van der Waals surface area contributed by atoms with Crippen molar-refractivity contribution >= 4 is 0 Å². The third-order valence-electron chi connectivity index (χ3n) is 4.10. The quantitative estimate of drug-likeness (QED) is 0.783. The Morgan fingerprint density at radius 1 is 1.17 bits per heavy atom. The lowest BCUT2D eigenvalue weighted by molar-refractivity contribution is 0.257. The van der Waals surface area contributed by atoms with Gasteiger partial charge in [0.1, 0.15) is 0 Å². The van der Waals surface area contributed by atoms with Crippen molar-refractivity contribution < 1.29 is 0 Å². The fraction of sp³-hybridized carbons (Fsp3) is 0.625. The van der Waals surface area contributed by atoms with Crippen LogP contribution in [0.4, 0.5) is 0 Å². The maximum absolute atomic E-state index is 5.79.